The van der Waals surface area contributed by atoms with Crippen LogP contribution in [0, 0.1) is 5.82 Å². The molecular weight excluding hydrogens is 393 g/mol. The largest absolute Gasteiger partial charge is 0.340 e. The first-order chi connectivity index (χ1) is 13.7. The zero-order valence-electron chi connectivity index (χ0n) is 15.8. The predicted octanol–water partition coefficient (Wildman–Crippen LogP) is 3.28. The van der Waals surface area contributed by atoms with Crippen molar-refractivity contribution in [3.8, 4) is 0 Å². The number of benzene rings is 2. The lowest BCUT2D eigenvalue weighted by molar-refractivity contribution is 0.0937. The van der Waals surface area contributed by atoms with Crippen LogP contribution in [0.4, 0.5) is 4.39 Å². The third-order valence-corrected chi connectivity index (χ3v) is 5.02. The van der Waals surface area contributed by atoms with Crippen LogP contribution in [0.3, 0.4) is 0 Å². The molecule has 0 saturated carbocycles. The molecule has 1 aliphatic rings. The summed E-state index contributed by atoms with van der Waals surface area (Å²) in [5.74, 6) is -0.678. The summed E-state index contributed by atoms with van der Waals surface area (Å²) in [6, 6.07) is 15.5. The van der Waals surface area contributed by atoms with Gasteiger partial charge in [0.05, 0.1) is 18.3 Å². The van der Waals surface area contributed by atoms with Gasteiger partial charge in [-0.15, -0.1) is 17.5 Å². The molecule has 1 saturated heterocycles. The topological polar surface area (TPSA) is 71.8 Å². The van der Waals surface area contributed by atoms with Crippen LogP contribution in [0.25, 0.3) is 0 Å². The average molecular weight is 416 g/mol. The summed E-state index contributed by atoms with van der Waals surface area (Å²) >= 11 is 0. The highest BCUT2D eigenvalue weighted by Crippen LogP contribution is 2.23. The molecule has 0 spiro atoms. The highest BCUT2D eigenvalue weighted by molar-refractivity contribution is 5.92. The van der Waals surface area contributed by atoms with Crippen molar-refractivity contribution in [3.05, 3.63) is 83.4 Å². The number of aromatic nitrogens is 3. The maximum absolute atomic E-state index is 13.8. The molecule has 1 unspecified atom stereocenters. The van der Waals surface area contributed by atoms with Crippen molar-refractivity contribution in [1.29, 1.82) is 0 Å². The van der Waals surface area contributed by atoms with Crippen LogP contribution in [0.2, 0.25) is 0 Å². The van der Waals surface area contributed by atoms with Crippen molar-refractivity contribution < 1.29 is 9.18 Å². The van der Waals surface area contributed by atoms with Crippen LogP contribution < -0.4 is 10.6 Å². The van der Waals surface area contributed by atoms with E-state index in [2.05, 4.69) is 20.9 Å². The molecule has 1 atom stereocenters. The van der Waals surface area contributed by atoms with Gasteiger partial charge in [-0.05, 0) is 49.2 Å². The minimum absolute atomic E-state index is 0. The van der Waals surface area contributed by atoms with Crippen molar-refractivity contribution >= 4 is 18.3 Å². The fourth-order valence-electron chi connectivity index (χ4n) is 3.53. The third kappa shape index (κ3) is 4.99. The van der Waals surface area contributed by atoms with Gasteiger partial charge in [0.15, 0.2) is 5.69 Å². The second-order valence-electron chi connectivity index (χ2n) is 6.94. The van der Waals surface area contributed by atoms with Gasteiger partial charge in [0.1, 0.15) is 5.82 Å². The summed E-state index contributed by atoms with van der Waals surface area (Å²) in [6.45, 7) is 1.86. The lowest BCUT2D eigenvalue weighted by atomic mass is 9.98. The van der Waals surface area contributed by atoms with Gasteiger partial charge in [-0.2, -0.15) is 0 Å². The Labute approximate surface area is 174 Å². The van der Waals surface area contributed by atoms with Crippen molar-refractivity contribution in [2.45, 2.75) is 24.9 Å². The van der Waals surface area contributed by atoms with Crippen molar-refractivity contribution in [1.82, 2.24) is 25.6 Å². The van der Waals surface area contributed by atoms with Crippen molar-refractivity contribution in [2.75, 3.05) is 13.1 Å². The van der Waals surface area contributed by atoms with Crippen molar-refractivity contribution in [2.24, 2.45) is 0 Å². The first-order valence-corrected chi connectivity index (χ1v) is 9.44. The molecule has 1 aliphatic heterocycles. The normalized spacial score (nSPS) is 15.3. The standard InChI is InChI=1S/C21H22FN5O.ClH/c22-17-8-4-7-16(13-17)20(15-5-2-1-3-6-15)24-21(28)19-14-27(26-25-19)18-9-11-23-12-10-18;/h1-8,13-14,18,20,23H,9-12H2,(H,24,28);1H. The number of nitrogens with zero attached hydrogens (tertiary/aromatic N) is 3. The highest BCUT2D eigenvalue weighted by Gasteiger charge is 2.22. The summed E-state index contributed by atoms with van der Waals surface area (Å²) in [6.07, 6.45) is 3.61. The van der Waals surface area contributed by atoms with Gasteiger partial charge in [-0.1, -0.05) is 47.7 Å². The number of nitrogens with one attached hydrogen (secondary N) is 2. The summed E-state index contributed by atoms with van der Waals surface area (Å²) in [5, 5.41) is 14.5. The number of carbonyl (C=O) groups is 1. The van der Waals surface area contributed by atoms with Gasteiger partial charge in [0.2, 0.25) is 0 Å². The number of amides is 1. The predicted molar refractivity (Wildman–Crippen MR) is 111 cm³/mol. The number of piperidine rings is 1. The minimum Gasteiger partial charge on any atom is -0.340 e. The quantitative estimate of drug-likeness (QED) is 0.670. The molecule has 2 aromatic carbocycles. The maximum atomic E-state index is 13.8. The Morgan fingerprint density at radius 2 is 1.83 bits per heavy atom. The zero-order valence-corrected chi connectivity index (χ0v) is 16.6. The molecule has 29 heavy (non-hydrogen) atoms. The molecule has 0 aliphatic carbocycles. The minimum atomic E-state index is -0.478. The van der Waals surface area contributed by atoms with E-state index in [1.807, 2.05) is 30.3 Å². The molecule has 1 aromatic heterocycles. The van der Waals surface area contributed by atoms with Gasteiger partial charge < -0.3 is 10.6 Å². The Kier molecular flexibility index (Phi) is 6.95. The molecule has 0 bridgehead atoms. The smallest absolute Gasteiger partial charge is 0.274 e. The van der Waals surface area contributed by atoms with E-state index in [0.717, 1.165) is 31.5 Å². The van der Waals surface area contributed by atoms with Crippen LogP contribution in [0.5, 0.6) is 0 Å². The zero-order chi connectivity index (χ0) is 19.3. The van der Waals surface area contributed by atoms with Gasteiger partial charge >= 0.3 is 0 Å². The number of rotatable bonds is 5. The van der Waals surface area contributed by atoms with Crippen LogP contribution in [-0.2, 0) is 0 Å². The van der Waals surface area contributed by atoms with E-state index in [9.17, 15) is 9.18 Å². The van der Waals surface area contributed by atoms with E-state index in [1.165, 1.54) is 12.1 Å². The molecule has 8 heteroatoms. The van der Waals surface area contributed by atoms with Crippen LogP contribution in [0.1, 0.15) is 46.5 Å². The van der Waals surface area contributed by atoms with Gasteiger partial charge in [-0.25, -0.2) is 9.07 Å². The highest BCUT2D eigenvalue weighted by atomic mass is 35.5. The Morgan fingerprint density at radius 3 is 2.55 bits per heavy atom. The molecule has 6 nitrogen and oxygen atoms in total. The third-order valence-electron chi connectivity index (χ3n) is 5.02. The molecule has 4 rings (SSSR count). The first-order valence-electron chi connectivity index (χ1n) is 9.44. The lowest BCUT2D eigenvalue weighted by Crippen LogP contribution is -2.30. The molecular formula is C21H23ClFN5O. The molecule has 1 fully saturated rings. The van der Waals surface area contributed by atoms with E-state index in [-0.39, 0.29) is 35.9 Å². The van der Waals surface area contributed by atoms with Crippen LogP contribution >= 0.6 is 12.4 Å². The Morgan fingerprint density at radius 1 is 1.10 bits per heavy atom. The fourth-order valence-corrected chi connectivity index (χ4v) is 3.53. The number of carbonyl (C=O) groups excluding carboxylic acids is 1. The molecule has 3 aromatic rings. The number of hydrogen-bond donors (Lipinski definition) is 2. The Bertz CT molecular complexity index is 943. The Balaban J connectivity index is 0.00000240. The molecule has 2 N–H and O–H groups in total. The Hall–Kier alpha value is -2.77. The van der Waals surface area contributed by atoms with E-state index >= 15 is 0 Å². The molecule has 2 heterocycles. The number of hydrogen-bond acceptors (Lipinski definition) is 4. The molecule has 1 amide bonds. The number of halogens is 2. The van der Waals surface area contributed by atoms with Crippen LogP contribution in [0.15, 0.2) is 60.8 Å². The van der Waals surface area contributed by atoms with Gasteiger partial charge in [0, 0.05) is 0 Å². The SMILES string of the molecule is Cl.O=C(NC(c1ccccc1)c1cccc(F)c1)c1cn(C2CCNCC2)nn1. The second-order valence-corrected chi connectivity index (χ2v) is 6.94. The average Bonchev–Trinajstić information content (AvgIpc) is 3.24. The van der Waals surface area contributed by atoms with Gasteiger partial charge in [0.25, 0.3) is 5.91 Å². The second kappa shape index (κ2) is 9.62. The molecule has 152 valence electrons. The summed E-state index contributed by atoms with van der Waals surface area (Å²) in [5.41, 5.74) is 1.80. The van der Waals surface area contributed by atoms with Crippen molar-refractivity contribution in [3.63, 3.8) is 0 Å². The van der Waals surface area contributed by atoms with E-state index < -0.39 is 6.04 Å². The summed E-state index contributed by atoms with van der Waals surface area (Å²) in [4.78, 5) is 12.8. The van der Waals surface area contributed by atoms with E-state index in [1.54, 1.807) is 23.0 Å². The van der Waals surface area contributed by atoms with Crippen LogP contribution in [-0.4, -0.2) is 34.0 Å². The fraction of sp³-hybridized carbons (Fsp3) is 0.286. The first kappa shape index (κ1) is 21.0. The summed E-state index contributed by atoms with van der Waals surface area (Å²) in [7, 11) is 0. The molecule has 0 radical (unpaired) electrons. The monoisotopic (exact) mass is 415 g/mol. The lowest BCUT2D eigenvalue weighted by Gasteiger charge is -2.22. The maximum Gasteiger partial charge on any atom is 0.274 e. The summed E-state index contributed by atoms with van der Waals surface area (Å²) < 4.78 is 15.5. The van der Waals surface area contributed by atoms with E-state index in [0.29, 0.717) is 5.56 Å². The van der Waals surface area contributed by atoms with Gasteiger partial charge in [-0.3, -0.25) is 4.79 Å². The van der Waals surface area contributed by atoms with E-state index in [4.69, 9.17) is 0 Å².